The highest BCUT2D eigenvalue weighted by Gasteiger charge is 2.27. The van der Waals surface area contributed by atoms with Gasteiger partial charge < -0.3 is 15.4 Å². The van der Waals surface area contributed by atoms with Crippen molar-refractivity contribution in [3.05, 3.63) is 29.8 Å². The third kappa shape index (κ3) is 4.89. The molecule has 4 nitrogen and oxygen atoms in total. The number of hydrogen-bond donors (Lipinski definition) is 2. The first-order chi connectivity index (χ1) is 11.0. The van der Waals surface area contributed by atoms with Gasteiger partial charge >= 0.3 is 6.61 Å². The molecule has 0 saturated carbocycles. The highest BCUT2D eigenvalue weighted by atomic mass is 19.3. The van der Waals surface area contributed by atoms with Crippen molar-refractivity contribution in [2.75, 3.05) is 6.54 Å². The molecule has 1 aromatic carbocycles. The molecule has 1 amide bonds. The van der Waals surface area contributed by atoms with E-state index in [4.69, 9.17) is 0 Å². The summed E-state index contributed by atoms with van der Waals surface area (Å²) in [6.07, 6.45) is 2.19. The van der Waals surface area contributed by atoms with Crippen LogP contribution in [0.1, 0.15) is 44.7 Å². The fraction of sp³-hybridized carbons (Fsp3) is 0.588. The Morgan fingerprint density at radius 3 is 2.83 bits per heavy atom. The molecule has 1 aliphatic heterocycles. The van der Waals surface area contributed by atoms with Crippen molar-refractivity contribution in [2.45, 2.75) is 51.8 Å². The van der Waals surface area contributed by atoms with Crippen molar-refractivity contribution in [3.8, 4) is 5.75 Å². The molecule has 2 rings (SSSR count). The predicted octanol–water partition coefficient (Wildman–Crippen LogP) is 3.24. The molecule has 128 valence electrons. The Bertz CT molecular complexity index is 525. The Labute approximate surface area is 135 Å². The molecule has 0 aromatic heterocycles. The summed E-state index contributed by atoms with van der Waals surface area (Å²) in [6, 6.07) is 6.61. The van der Waals surface area contributed by atoms with E-state index >= 15 is 0 Å². The summed E-state index contributed by atoms with van der Waals surface area (Å²) in [5, 5.41) is 6.31. The van der Waals surface area contributed by atoms with Crippen LogP contribution in [0.4, 0.5) is 8.78 Å². The van der Waals surface area contributed by atoms with Gasteiger partial charge in [-0.05, 0) is 38.8 Å². The molecule has 1 fully saturated rings. The van der Waals surface area contributed by atoms with Crippen molar-refractivity contribution in [2.24, 2.45) is 5.92 Å². The number of para-hydroxylation sites is 1. The zero-order valence-electron chi connectivity index (χ0n) is 13.5. The predicted molar refractivity (Wildman–Crippen MR) is 84.4 cm³/mol. The highest BCUT2D eigenvalue weighted by Crippen LogP contribution is 2.29. The molecule has 1 heterocycles. The van der Waals surface area contributed by atoms with E-state index in [-0.39, 0.29) is 23.6 Å². The van der Waals surface area contributed by atoms with E-state index in [1.165, 1.54) is 6.07 Å². The van der Waals surface area contributed by atoms with Crippen LogP contribution in [0, 0.1) is 5.92 Å². The summed E-state index contributed by atoms with van der Waals surface area (Å²) in [5.41, 5.74) is 0.589. The van der Waals surface area contributed by atoms with Gasteiger partial charge in [0.15, 0.2) is 0 Å². The lowest BCUT2D eigenvalue weighted by Crippen LogP contribution is -2.43. The van der Waals surface area contributed by atoms with Crippen LogP contribution >= 0.6 is 0 Å². The lowest BCUT2D eigenvalue weighted by Gasteiger charge is -2.29. The number of alkyl halides is 2. The fourth-order valence-corrected chi connectivity index (χ4v) is 3.03. The average molecular weight is 326 g/mol. The van der Waals surface area contributed by atoms with Crippen molar-refractivity contribution in [1.82, 2.24) is 10.6 Å². The monoisotopic (exact) mass is 326 g/mol. The van der Waals surface area contributed by atoms with E-state index in [9.17, 15) is 13.6 Å². The lowest BCUT2D eigenvalue weighted by atomic mass is 9.91. The molecule has 6 heteroatoms. The number of halogens is 2. The van der Waals surface area contributed by atoms with Crippen LogP contribution in [0.3, 0.4) is 0 Å². The summed E-state index contributed by atoms with van der Waals surface area (Å²) in [6.45, 7) is 1.91. The number of piperidine rings is 1. The molecular weight excluding hydrogens is 302 g/mol. The quantitative estimate of drug-likeness (QED) is 0.844. The minimum absolute atomic E-state index is 0.0166. The molecule has 2 N–H and O–H groups in total. The second-order valence-corrected chi connectivity index (χ2v) is 5.96. The first-order valence-corrected chi connectivity index (χ1v) is 8.08. The molecule has 0 radical (unpaired) electrons. The summed E-state index contributed by atoms with van der Waals surface area (Å²) in [7, 11) is 0. The molecule has 1 unspecified atom stereocenters. The largest absolute Gasteiger partial charge is 0.434 e. The molecular formula is C17H24F2N2O2. The highest BCUT2D eigenvalue weighted by molar-refractivity contribution is 5.79. The number of benzene rings is 1. The van der Waals surface area contributed by atoms with Gasteiger partial charge in [0, 0.05) is 17.5 Å². The first kappa shape index (κ1) is 17.7. The third-order valence-corrected chi connectivity index (χ3v) is 4.23. The van der Waals surface area contributed by atoms with Crippen LogP contribution in [0.5, 0.6) is 5.75 Å². The summed E-state index contributed by atoms with van der Waals surface area (Å²) >= 11 is 0. The molecule has 1 saturated heterocycles. The maximum atomic E-state index is 12.5. The molecule has 0 spiro atoms. The van der Waals surface area contributed by atoms with Gasteiger partial charge in [0.2, 0.25) is 5.91 Å². The smallest absolute Gasteiger partial charge is 0.387 e. The molecule has 1 aliphatic rings. The Morgan fingerprint density at radius 2 is 2.17 bits per heavy atom. The van der Waals surface area contributed by atoms with E-state index in [0.717, 1.165) is 19.4 Å². The van der Waals surface area contributed by atoms with Gasteiger partial charge in [-0.2, -0.15) is 8.78 Å². The van der Waals surface area contributed by atoms with Crippen LogP contribution in [-0.2, 0) is 4.79 Å². The number of amides is 1. The van der Waals surface area contributed by atoms with Crippen LogP contribution in [-0.4, -0.2) is 25.1 Å². The van der Waals surface area contributed by atoms with Gasteiger partial charge in [-0.1, -0.05) is 25.1 Å². The van der Waals surface area contributed by atoms with E-state index in [2.05, 4.69) is 22.3 Å². The van der Waals surface area contributed by atoms with E-state index in [0.29, 0.717) is 18.0 Å². The van der Waals surface area contributed by atoms with Crippen LogP contribution in [0.15, 0.2) is 24.3 Å². The Hall–Kier alpha value is -1.69. The zero-order valence-corrected chi connectivity index (χ0v) is 13.5. The Morgan fingerprint density at radius 1 is 1.43 bits per heavy atom. The van der Waals surface area contributed by atoms with Crippen molar-refractivity contribution >= 4 is 5.91 Å². The summed E-state index contributed by atoms with van der Waals surface area (Å²) < 4.78 is 29.7. The minimum Gasteiger partial charge on any atom is -0.434 e. The fourth-order valence-electron chi connectivity index (χ4n) is 3.03. The number of rotatable bonds is 6. The lowest BCUT2D eigenvalue weighted by molar-refractivity contribution is -0.126. The molecule has 1 aromatic rings. The first-order valence-electron chi connectivity index (χ1n) is 8.08. The normalized spacial score (nSPS) is 22.7. The van der Waals surface area contributed by atoms with Gasteiger partial charge in [0.1, 0.15) is 5.75 Å². The Balaban J connectivity index is 2.09. The SMILES string of the molecule is CCC(NC(=O)[C@H]1CCN[C@@H](C)C1)c1ccccc1OC(F)F. The van der Waals surface area contributed by atoms with Crippen LogP contribution < -0.4 is 15.4 Å². The van der Waals surface area contributed by atoms with Crippen molar-refractivity contribution < 1.29 is 18.3 Å². The summed E-state index contributed by atoms with van der Waals surface area (Å²) in [5.74, 6) is 0.0638. The maximum absolute atomic E-state index is 12.5. The van der Waals surface area contributed by atoms with Gasteiger partial charge in [0.05, 0.1) is 6.04 Å². The topological polar surface area (TPSA) is 50.4 Å². The van der Waals surface area contributed by atoms with Crippen molar-refractivity contribution in [3.63, 3.8) is 0 Å². The second kappa shape index (κ2) is 8.24. The standard InChI is InChI=1S/C17H24F2N2O2/c1-3-14(13-6-4-5-7-15(13)23-17(18)19)21-16(22)12-8-9-20-11(2)10-12/h4-7,11-12,14,17,20H,3,8-10H2,1-2H3,(H,21,22)/t11-,12-,14?/m0/s1. The van der Waals surface area contributed by atoms with Gasteiger partial charge in [0.25, 0.3) is 0 Å². The van der Waals surface area contributed by atoms with Gasteiger partial charge in [-0.3, -0.25) is 4.79 Å². The second-order valence-electron chi connectivity index (χ2n) is 5.96. The Kier molecular flexibility index (Phi) is 6.33. The van der Waals surface area contributed by atoms with E-state index < -0.39 is 6.61 Å². The van der Waals surface area contributed by atoms with Gasteiger partial charge in [-0.25, -0.2) is 0 Å². The van der Waals surface area contributed by atoms with Crippen LogP contribution in [0.25, 0.3) is 0 Å². The number of carbonyl (C=O) groups excluding carboxylic acids is 1. The maximum Gasteiger partial charge on any atom is 0.387 e. The minimum atomic E-state index is -2.88. The number of ether oxygens (including phenoxy) is 1. The van der Waals surface area contributed by atoms with Crippen LogP contribution in [0.2, 0.25) is 0 Å². The molecule has 23 heavy (non-hydrogen) atoms. The zero-order chi connectivity index (χ0) is 16.8. The van der Waals surface area contributed by atoms with E-state index in [1.54, 1.807) is 18.2 Å². The molecule has 0 bridgehead atoms. The third-order valence-electron chi connectivity index (χ3n) is 4.23. The van der Waals surface area contributed by atoms with Gasteiger partial charge in [-0.15, -0.1) is 0 Å². The number of carbonyl (C=O) groups is 1. The number of hydrogen-bond acceptors (Lipinski definition) is 3. The molecule has 0 aliphatic carbocycles. The summed E-state index contributed by atoms with van der Waals surface area (Å²) in [4.78, 5) is 12.5. The number of nitrogens with one attached hydrogen (secondary N) is 2. The molecule has 3 atom stereocenters. The van der Waals surface area contributed by atoms with E-state index in [1.807, 2.05) is 6.92 Å². The average Bonchev–Trinajstić information content (AvgIpc) is 2.52. The van der Waals surface area contributed by atoms with Crippen molar-refractivity contribution in [1.29, 1.82) is 0 Å².